The number of aromatic nitrogens is 1. The van der Waals surface area contributed by atoms with E-state index in [0.717, 1.165) is 12.3 Å². The fraction of sp³-hybridized carbons (Fsp3) is 0.286. The molecule has 0 N–H and O–H groups in total. The van der Waals surface area contributed by atoms with Gasteiger partial charge in [-0.25, -0.2) is 4.98 Å². The maximum Gasteiger partial charge on any atom is 0.574 e. The number of hydrogen-bond donors (Lipinski definition) is 0. The molecule has 0 aliphatic rings. The number of aryl methyl sites for hydroxylation is 1. The van der Waals surface area contributed by atoms with Crippen molar-refractivity contribution in [3.63, 3.8) is 0 Å². The van der Waals surface area contributed by atoms with Crippen LogP contribution in [-0.2, 0) is 0 Å². The fourth-order valence-electron chi connectivity index (χ4n) is 0.688. The van der Waals surface area contributed by atoms with E-state index < -0.39 is 12.2 Å². The first kappa shape index (κ1) is 10.1. The highest BCUT2D eigenvalue weighted by Gasteiger charge is 2.31. The molecule has 72 valence electrons. The van der Waals surface area contributed by atoms with Gasteiger partial charge in [0.05, 0.1) is 5.02 Å². The SMILES string of the molecule is Cc1cc(OC(F)(F)F)ncc1Cl. The lowest BCUT2D eigenvalue weighted by Crippen LogP contribution is -2.17. The Morgan fingerprint density at radius 2 is 2.08 bits per heavy atom. The van der Waals surface area contributed by atoms with Crippen molar-refractivity contribution in [2.45, 2.75) is 13.3 Å². The predicted molar refractivity (Wildman–Crippen MR) is 40.7 cm³/mol. The number of ether oxygens (including phenoxy) is 1. The van der Waals surface area contributed by atoms with Crippen LogP contribution >= 0.6 is 11.6 Å². The van der Waals surface area contributed by atoms with Crippen molar-refractivity contribution in [2.75, 3.05) is 0 Å². The normalized spacial score (nSPS) is 11.5. The molecule has 0 aliphatic carbocycles. The molecular formula is C7H5ClF3NO. The molecule has 0 aromatic carbocycles. The maximum absolute atomic E-state index is 11.7. The van der Waals surface area contributed by atoms with E-state index >= 15 is 0 Å². The zero-order valence-electron chi connectivity index (χ0n) is 6.52. The van der Waals surface area contributed by atoms with Crippen molar-refractivity contribution in [3.8, 4) is 5.88 Å². The molecule has 0 fully saturated rings. The van der Waals surface area contributed by atoms with Crippen LogP contribution in [0.3, 0.4) is 0 Å². The number of alkyl halides is 3. The highest BCUT2D eigenvalue weighted by Crippen LogP contribution is 2.23. The van der Waals surface area contributed by atoms with E-state index in [9.17, 15) is 13.2 Å². The van der Waals surface area contributed by atoms with Gasteiger partial charge in [0.1, 0.15) is 0 Å². The third kappa shape index (κ3) is 3.10. The van der Waals surface area contributed by atoms with Gasteiger partial charge in [-0.05, 0) is 12.5 Å². The average molecular weight is 212 g/mol. The highest BCUT2D eigenvalue weighted by molar-refractivity contribution is 6.31. The summed E-state index contributed by atoms with van der Waals surface area (Å²) < 4.78 is 38.6. The number of pyridine rings is 1. The summed E-state index contributed by atoms with van der Waals surface area (Å²) in [5, 5.41) is 0.300. The Morgan fingerprint density at radius 3 is 2.54 bits per heavy atom. The molecule has 0 aliphatic heterocycles. The minimum atomic E-state index is -4.72. The van der Waals surface area contributed by atoms with E-state index in [1.54, 1.807) is 6.92 Å². The van der Waals surface area contributed by atoms with Crippen molar-refractivity contribution >= 4 is 11.6 Å². The van der Waals surface area contributed by atoms with Crippen LogP contribution in [0.2, 0.25) is 5.02 Å². The van der Waals surface area contributed by atoms with Crippen molar-refractivity contribution in [3.05, 3.63) is 22.8 Å². The van der Waals surface area contributed by atoms with Crippen LogP contribution in [0.4, 0.5) is 13.2 Å². The molecule has 0 amide bonds. The Kier molecular flexibility index (Phi) is 2.66. The average Bonchev–Trinajstić information content (AvgIpc) is 1.94. The second-order valence-electron chi connectivity index (χ2n) is 2.32. The first-order chi connectivity index (χ1) is 5.88. The van der Waals surface area contributed by atoms with Gasteiger partial charge >= 0.3 is 6.36 Å². The minimum absolute atomic E-state index is 0.300. The standard InChI is InChI=1S/C7H5ClF3NO/c1-4-2-6(12-3-5(4)8)13-7(9,10)11/h2-3H,1H3. The molecule has 1 aromatic rings. The molecule has 0 saturated heterocycles. The van der Waals surface area contributed by atoms with E-state index in [-0.39, 0.29) is 0 Å². The van der Waals surface area contributed by atoms with E-state index in [2.05, 4.69) is 9.72 Å². The molecule has 1 heterocycles. The Balaban J connectivity index is 2.86. The van der Waals surface area contributed by atoms with Gasteiger partial charge in [0.2, 0.25) is 5.88 Å². The lowest BCUT2D eigenvalue weighted by Gasteiger charge is -2.08. The van der Waals surface area contributed by atoms with E-state index in [0.29, 0.717) is 10.6 Å². The fourth-order valence-corrected chi connectivity index (χ4v) is 0.791. The van der Waals surface area contributed by atoms with Crippen molar-refractivity contribution in [2.24, 2.45) is 0 Å². The van der Waals surface area contributed by atoms with Crippen LogP contribution in [0.5, 0.6) is 5.88 Å². The second-order valence-corrected chi connectivity index (χ2v) is 2.73. The van der Waals surface area contributed by atoms with E-state index in [4.69, 9.17) is 11.6 Å². The van der Waals surface area contributed by atoms with Crippen LogP contribution in [0.25, 0.3) is 0 Å². The van der Waals surface area contributed by atoms with Gasteiger partial charge in [-0.2, -0.15) is 0 Å². The molecular weight excluding hydrogens is 207 g/mol. The monoisotopic (exact) mass is 211 g/mol. The zero-order chi connectivity index (χ0) is 10.1. The third-order valence-electron chi connectivity index (χ3n) is 1.24. The van der Waals surface area contributed by atoms with Crippen molar-refractivity contribution in [1.29, 1.82) is 0 Å². The largest absolute Gasteiger partial charge is 0.574 e. The number of hydrogen-bond acceptors (Lipinski definition) is 2. The minimum Gasteiger partial charge on any atom is -0.388 e. The van der Waals surface area contributed by atoms with E-state index in [1.165, 1.54) is 0 Å². The molecule has 13 heavy (non-hydrogen) atoms. The van der Waals surface area contributed by atoms with Crippen LogP contribution in [0.15, 0.2) is 12.3 Å². The molecule has 6 heteroatoms. The third-order valence-corrected chi connectivity index (χ3v) is 1.64. The molecule has 0 bridgehead atoms. The quantitative estimate of drug-likeness (QED) is 0.713. The summed E-state index contributed by atoms with van der Waals surface area (Å²) in [6.07, 6.45) is -3.61. The maximum atomic E-state index is 11.7. The summed E-state index contributed by atoms with van der Waals surface area (Å²) in [4.78, 5) is 3.35. The van der Waals surface area contributed by atoms with Gasteiger partial charge < -0.3 is 4.74 Å². The molecule has 0 saturated carbocycles. The molecule has 0 atom stereocenters. The Bertz CT molecular complexity index is 313. The summed E-state index contributed by atoms with van der Waals surface area (Å²) in [6.45, 7) is 1.56. The Labute approximate surface area is 77.3 Å². The lowest BCUT2D eigenvalue weighted by molar-refractivity contribution is -0.276. The summed E-state index contributed by atoms with van der Waals surface area (Å²) in [5.41, 5.74) is 0.482. The summed E-state index contributed by atoms with van der Waals surface area (Å²) in [7, 11) is 0. The zero-order valence-corrected chi connectivity index (χ0v) is 7.28. The van der Waals surface area contributed by atoms with Gasteiger partial charge in [0, 0.05) is 12.3 Å². The van der Waals surface area contributed by atoms with E-state index in [1.807, 2.05) is 0 Å². The van der Waals surface area contributed by atoms with Gasteiger partial charge in [-0.15, -0.1) is 13.2 Å². The lowest BCUT2D eigenvalue weighted by atomic mass is 10.3. The van der Waals surface area contributed by atoms with Crippen LogP contribution in [-0.4, -0.2) is 11.3 Å². The molecule has 1 rings (SSSR count). The first-order valence-electron chi connectivity index (χ1n) is 3.26. The summed E-state index contributed by atoms with van der Waals surface area (Å²) in [5.74, 6) is -0.505. The summed E-state index contributed by atoms with van der Waals surface area (Å²) >= 11 is 5.55. The van der Waals surface area contributed by atoms with Gasteiger partial charge in [-0.1, -0.05) is 11.6 Å². The molecule has 0 radical (unpaired) electrons. The predicted octanol–water partition coefficient (Wildman–Crippen LogP) is 2.94. The Morgan fingerprint density at radius 1 is 1.46 bits per heavy atom. The van der Waals surface area contributed by atoms with Gasteiger partial charge in [0.15, 0.2) is 0 Å². The number of rotatable bonds is 1. The van der Waals surface area contributed by atoms with Crippen molar-refractivity contribution in [1.82, 2.24) is 4.98 Å². The van der Waals surface area contributed by atoms with Gasteiger partial charge in [-0.3, -0.25) is 0 Å². The van der Waals surface area contributed by atoms with Crippen LogP contribution < -0.4 is 4.74 Å². The second kappa shape index (κ2) is 3.41. The van der Waals surface area contributed by atoms with Crippen LogP contribution in [0, 0.1) is 6.92 Å². The molecule has 0 spiro atoms. The molecule has 2 nitrogen and oxygen atoms in total. The topological polar surface area (TPSA) is 22.1 Å². The van der Waals surface area contributed by atoms with Crippen LogP contribution in [0.1, 0.15) is 5.56 Å². The highest BCUT2D eigenvalue weighted by atomic mass is 35.5. The first-order valence-corrected chi connectivity index (χ1v) is 3.64. The number of halogens is 4. The Hall–Kier alpha value is -0.970. The number of nitrogens with zero attached hydrogens (tertiary/aromatic N) is 1. The van der Waals surface area contributed by atoms with Gasteiger partial charge in [0.25, 0.3) is 0 Å². The molecule has 0 unspecified atom stereocenters. The van der Waals surface area contributed by atoms with Crippen molar-refractivity contribution < 1.29 is 17.9 Å². The summed E-state index contributed by atoms with van der Waals surface area (Å²) in [6, 6.07) is 1.12. The molecule has 1 aromatic heterocycles. The smallest absolute Gasteiger partial charge is 0.388 e.